The molecular formula is C69H54ClN7O5S2. The number of nitrogens with zero attached hydrogens (tertiary/aromatic N) is 4. The number of nitrogens with two attached hydrogens (primary N) is 1. The summed E-state index contributed by atoms with van der Waals surface area (Å²) in [5.74, 6) is -3.52. The van der Waals surface area contributed by atoms with E-state index in [-0.39, 0.29) is 33.7 Å². The second-order valence-corrected chi connectivity index (χ2v) is 23.0. The molecule has 0 saturated carbocycles. The monoisotopic (exact) mass is 1160 g/mol. The van der Waals surface area contributed by atoms with Gasteiger partial charge in [-0.1, -0.05) is 283 Å². The first kappa shape index (κ1) is 55.0. The number of thioether (sulfide) groups is 1. The van der Waals surface area contributed by atoms with E-state index in [1.807, 2.05) is 243 Å². The van der Waals surface area contributed by atoms with Gasteiger partial charge in [-0.25, -0.2) is 14.8 Å². The Labute approximate surface area is 499 Å². The largest absolute Gasteiger partial charge is 0.477 e. The van der Waals surface area contributed by atoms with Crippen LogP contribution in [0.3, 0.4) is 0 Å². The average molecular weight is 1160 g/mol. The molecule has 0 radical (unpaired) electrons. The lowest BCUT2D eigenvalue weighted by molar-refractivity contribution is -0.156. The lowest BCUT2D eigenvalue weighted by Gasteiger charge is -2.53. The Morgan fingerprint density at radius 1 is 0.655 bits per heavy atom. The number of nitrogen functional groups attached to an aromatic ring is 1. The maximum atomic E-state index is 15.9. The molecular weight excluding hydrogens is 1110 g/mol. The minimum Gasteiger partial charge on any atom is -0.477 e. The number of carboxylic acids is 1. The number of rotatable bonds is 19. The predicted molar refractivity (Wildman–Crippen MR) is 331 cm³/mol. The molecule has 10 aromatic rings. The van der Waals surface area contributed by atoms with E-state index in [4.69, 9.17) is 32.3 Å². The van der Waals surface area contributed by atoms with Crippen molar-refractivity contribution in [2.24, 2.45) is 11.1 Å². The van der Waals surface area contributed by atoms with E-state index in [0.717, 1.165) is 39.2 Å². The number of β-lactam (4-membered cyclic amide) rings is 1. The molecule has 1 unspecified atom stereocenters. The Balaban J connectivity index is 1.00. The second kappa shape index (κ2) is 24.1. The number of pyridine rings is 1. The summed E-state index contributed by atoms with van der Waals surface area (Å²) in [4.78, 5) is 63.6. The van der Waals surface area contributed by atoms with Gasteiger partial charge in [-0.2, -0.15) is 0 Å². The number of hydrogen-bond acceptors (Lipinski definition) is 11. The fourth-order valence-electron chi connectivity index (χ4n) is 11.7. The number of allylic oxidation sites excluding steroid dienone is 1. The Morgan fingerprint density at radius 2 is 1.10 bits per heavy atom. The van der Waals surface area contributed by atoms with Gasteiger partial charge in [0.25, 0.3) is 11.8 Å². The van der Waals surface area contributed by atoms with E-state index in [2.05, 4.69) is 15.6 Å². The van der Waals surface area contributed by atoms with Gasteiger partial charge in [-0.05, 0) is 46.4 Å². The number of amides is 2. The topological polar surface area (TPSA) is 172 Å². The Hall–Kier alpha value is -9.60. The maximum absolute atomic E-state index is 15.9. The molecule has 5 N–H and O–H groups in total. The van der Waals surface area contributed by atoms with Crippen molar-refractivity contribution >= 4 is 69.1 Å². The van der Waals surface area contributed by atoms with E-state index in [0.29, 0.717) is 31.6 Å². The zero-order valence-corrected chi connectivity index (χ0v) is 47.4. The van der Waals surface area contributed by atoms with Gasteiger partial charge in [-0.15, -0.1) is 0 Å². The van der Waals surface area contributed by atoms with Crippen molar-refractivity contribution in [2.45, 2.75) is 40.5 Å². The number of fused-ring (bicyclic) bond motifs is 1. The maximum Gasteiger partial charge on any atom is 0.353 e. The van der Waals surface area contributed by atoms with Gasteiger partial charge in [0, 0.05) is 39.6 Å². The van der Waals surface area contributed by atoms with Crippen LogP contribution in [-0.2, 0) is 30.4 Å². The molecule has 12 rings (SSSR count). The Morgan fingerprint density at radius 3 is 1.54 bits per heavy atom. The van der Waals surface area contributed by atoms with Crippen molar-refractivity contribution in [3.63, 3.8) is 0 Å². The number of hydrogen-bond donors (Lipinski definition) is 4. The smallest absolute Gasteiger partial charge is 0.353 e. The van der Waals surface area contributed by atoms with Gasteiger partial charge in [0.1, 0.15) is 33.1 Å². The standard InChI is InChI=1S/C69H54ClN7O5S2/c70-62-58(74-67(84-62)75-68(47-30-13-3-14-31-47,48-32-15-4-16-33-48)49-34-17-5-18-35-49)59(76-82-69(50-36-19-6-20-37-50,51-38-21-7-22-39-51)52-40-23-8-24-41-52)64(78)73-57-54-44-53(56(45-26-9-1-10-27-45)46-28-11-2-12-29-46)61(60(66(80)81)77(54)65(57)79)83-55-42-25-43-72-63(55)71/h1-43,53-54,56-57H,44H2,(H2,71,72)(H,73,78)(H,74,75)(H,80,81)/t53?,54-,57+/m1/s1. The van der Waals surface area contributed by atoms with Gasteiger partial charge >= 0.3 is 5.97 Å². The van der Waals surface area contributed by atoms with Gasteiger partial charge in [0.2, 0.25) is 5.60 Å². The number of carbonyl (C=O) groups is 3. The molecule has 3 atom stereocenters. The van der Waals surface area contributed by atoms with Gasteiger partial charge in [-0.3, -0.25) is 14.5 Å². The van der Waals surface area contributed by atoms with Crippen molar-refractivity contribution in [1.29, 1.82) is 0 Å². The van der Waals surface area contributed by atoms with Crippen LogP contribution in [0.2, 0.25) is 4.34 Å². The molecule has 15 heteroatoms. The van der Waals surface area contributed by atoms with Gasteiger partial charge in [0.05, 0.1) is 10.9 Å². The SMILES string of the molecule is Nc1ncccc1SC1=C(C(=O)O)N2C(=O)[C@@H](NC(=O)C(=NOC(c3ccccc3)(c3ccccc3)c3ccccc3)c3nc(NC(c4ccccc4)(c4ccccc4)c4ccccc4)sc3Cl)[C@H]2CC1C(c1ccccc1)c1ccccc1. The quantitative estimate of drug-likeness (QED) is 0.0264. The zero-order valence-electron chi connectivity index (χ0n) is 45.0. The first-order valence-electron chi connectivity index (χ1n) is 27.3. The summed E-state index contributed by atoms with van der Waals surface area (Å²) >= 11 is 9.74. The lowest BCUT2D eigenvalue weighted by Crippen LogP contribution is -2.73. The van der Waals surface area contributed by atoms with Crippen LogP contribution in [-0.4, -0.2) is 55.6 Å². The molecule has 0 aliphatic carbocycles. The van der Waals surface area contributed by atoms with Gasteiger partial charge in [0.15, 0.2) is 10.8 Å². The summed E-state index contributed by atoms with van der Waals surface area (Å²) in [7, 11) is 0. The summed E-state index contributed by atoms with van der Waals surface area (Å²) in [5, 5.41) is 23.4. The number of thiazole rings is 1. The minimum atomic E-state index is -1.46. The third kappa shape index (κ3) is 10.4. The number of anilines is 2. The fraction of sp³-hybridized carbons (Fsp3) is 0.101. The molecule has 8 aromatic carbocycles. The molecule has 4 heterocycles. The van der Waals surface area contributed by atoms with Crippen LogP contribution < -0.4 is 16.4 Å². The van der Waals surface area contributed by atoms with Crippen LogP contribution in [0, 0.1) is 5.92 Å². The van der Waals surface area contributed by atoms with Crippen LogP contribution >= 0.6 is 34.7 Å². The normalized spacial score (nSPS) is 16.1. The Kier molecular flexibility index (Phi) is 15.8. The molecule has 0 bridgehead atoms. The molecule has 1 saturated heterocycles. The van der Waals surface area contributed by atoms with Crippen molar-refractivity contribution < 1.29 is 24.3 Å². The van der Waals surface area contributed by atoms with E-state index in [1.165, 1.54) is 16.7 Å². The average Bonchev–Trinajstić information content (AvgIpc) is 1.20. The number of nitrogens with one attached hydrogen (secondary N) is 2. The summed E-state index contributed by atoms with van der Waals surface area (Å²) in [6.45, 7) is 0. The molecule has 2 amide bonds. The molecule has 84 heavy (non-hydrogen) atoms. The number of benzene rings is 8. The highest BCUT2D eigenvalue weighted by Crippen LogP contribution is 2.53. The third-order valence-corrected chi connectivity index (χ3v) is 18.0. The van der Waals surface area contributed by atoms with E-state index in [9.17, 15) is 9.90 Å². The molecule has 1 fully saturated rings. The van der Waals surface area contributed by atoms with Crippen LogP contribution in [0.15, 0.2) is 282 Å². The molecule has 414 valence electrons. The number of carbonyl (C=O) groups excluding carboxylic acids is 2. The number of oxime groups is 1. The summed E-state index contributed by atoms with van der Waals surface area (Å²) in [6, 6.07) is 80.0. The predicted octanol–water partition coefficient (Wildman–Crippen LogP) is 13.5. The number of aromatic nitrogens is 2. The molecule has 2 aliphatic rings. The zero-order chi connectivity index (χ0) is 57.6. The number of halogens is 1. The molecule has 12 nitrogen and oxygen atoms in total. The summed E-state index contributed by atoms with van der Waals surface area (Å²) < 4.78 is 0.100. The minimum absolute atomic E-state index is 0.0231. The molecule has 2 aliphatic heterocycles. The van der Waals surface area contributed by atoms with Crippen molar-refractivity contribution in [3.05, 3.63) is 326 Å². The van der Waals surface area contributed by atoms with Crippen LogP contribution in [0.4, 0.5) is 10.9 Å². The number of aliphatic carboxylic acids is 1. The lowest BCUT2D eigenvalue weighted by atomic mass is 9.71. The van der Waals surface area contributed by atoms with Crippen molar-refractivity contribution in [1.82, 2.24) is 20.2 Å². The summed E-state index contributed by atoms with van der Waals surface area (Å²) in [5.41, 5.74) is 10.1. The van der Waals surface area contributed by atoms with E-state index < -0.39 is 52.8 Å². The van der Waals surface area contributed by atoms with Crippen LogP contribution in [0.1, 0.15) is 62.5 Å². The first-order chi connectivity index (χ1) is 41.2. The highest BCUT2D eigenvalue weighted by molar-refractivity contribution is 8.03. The van der Waals surface area contributed by atoms with Crippen molar-refractivity contribution in [3.8, 4) is 0 Å². The first-order valence-corrected chi connectivity index (χ1v) is 29.3. The number of carboxylic acid groups (broad SMARTS) is 1. The Bertz CT molecular complexity index is 3780. The highest BCUT2D eigenvalue weighted by Gasteiger charge is 2.57. The highest BCUT2D eigenvalue weighted by atomic mass is 35.5. The van der Waals surface area contributed by atoms with Crippen LogP contribution in [0.25, 0.3) is 0 Å². The summed E-state index contributed by atoms with van der Waals surface area (Å²) in [6.07, 6.45) is 1.80. The van der Waals surface area contributed by atoms with Crippen molar-refractivity contribution in [2.75, 3.05) is 11.1 Å². The third-order valence-electron chi connectivity index (χ3n) is 15.5. The molecule has 2 aromatic heterocycles. The fourth-order valence-corrected chi connectivity index (χ4v) is 14.0. The second-order valence-electron chi connectivity index (χ2n) is 20.3. The van der Waals surface area contributed by atoms with Gasteiger partial charge < -0.3 is 26.3 Å². The van der Waals surface area contributed by atoms with E-state index >= 15 is 9.59 Å². The van der Waals surface area contributed by atoms with Crippen LogP contribution in [0.5, 0.6) is 0 Å². The van der Waals surface area contributed by atoms with E-state index in [1.54, 1.807) is 18.3 Å². The molecule has 0 spiro atoms.